The molecule has 9 heteroatoms. The highest BCUT2D eigenvalue weighted by Gasteiger charge is 2.37. The molecular formula is C38H53N3O6. The molecule has 0 fully saturated rings. The highest BCUT2D eigenvalue weighted by Crippen LogP contribution is 2.25. The number of amides is 3. The van der Waals surface area contributed by atoms with Crippen molar-refractivity contribution in [2.24, 2.45) is 0 Å². The summed E-state index contributed by atoms with van der Waals surface area (Å²) in [5, 5.41) is 5.54. The minimum absolute atomic E-state index is 0.186. The van der Waals surface area contributed by atoms with E-state index in [0.717, 1.165) is 31.2 Å². The van der Waals surface area contributed by atoms with Gasteiger partial charge in [-0.15, -0.1) is 6.42 Å². The van der Waals surface area contributed by atoms with E-state index in [4.69, 9.17) is 15.9 Å². The summed E-state index contributed by atoms with van der Waals surface area (Å²) in [7, 11) is 0. The van der Waals surface area contributed by atoms with Gasteiger partial charge in [-0.05, 0) is 78.1 Å². The molecule has 0 heterocycles. The summed E-state index contributed by atoms with van der Waals surface area (Å²) in [4.78, 5) is 56.1. The molecule has 2 N–H and O–H groups in total. The minimum atomic E-state index is -1.14. The van der Waals surface area contributed by atoms with Gasteiger partial charge in [0.15, 0.2) is 0 Å². The van der Waals surface area contributed by atoms with Crippen LogP contribution < -0.4 is 10.6 Å². The van der Waals surface area contributed by atoms with Crippen LogP contribution in [0.2, 0.25) is 0 Å². The quantitative estimate of drug-likeness (QED) is 0.130. The first-order valence-corrected chi connectivity index (χ1v) is 16.5. The Labute approximate surface area is 281 Å². The molecular weight excluding hydrogens is 594 g/mol. The van der Waals surface area contributed by atoms with Gasteiger partial charge in [-0.25, -0.2) is 9.59 Å². The third kappa shape index (κ3) is 13.9. The maximum absolute atomic E-state index is 14.4. The number of carbonyl (C=O) groups is 4. The predicted octanol–water partition coefficient (Wildman–Crippen LogP) is 6.49. The standard InChI is InChI=1S/C38H53N3O6/c1-10-12-13-14-18-25-41(34(43)27(3)39-36(45)47-38(7,8)9)32(30-23-21-28(11-2)22-24-30)33(42)40-31(35(44)46-37(4,5)6)26-29-19-16-15-17-20-29/h2,15-17,19-24,27,31-32H,10,12-14,18,25-26H2,1,3-9H3,(H,39,45)(H,40,42). The summed E-state index contributed by atoms with van der Waals surface area (Å²) in [5.74, 6) is 0.963. The van der Waals surface area contributed by atoms with Crippen LogP contribution in [-0.2, 0) is 30.3 Å². The number of terminal acetylenes is 1. The molecule has 3 amide bonds. The first-order valence-electron chi connectivity index (χ1n) is 16.5. The fraction of sp³-hybridized carbons (Fsp3) is 0.526. The number of ether oxygens (including phenoxy) is 2. The van der Waals surface area contributed by atoms with Crippen molar-refractivity contribution in [1.82, 2.24) is 15.5 Å². The van der Waals surface area contributed by atoms with Crippen molar-refractivity contribution in [2.45, 2.75) is 123 Å². The molecule has 47 heavy (non-hydrogen) atoms. The number of benzene rings is 2. The van der Waals surface area contributed by atoms with Crippen LogP contribution in [0.3, 0.4) is 0 Å². The summed E-state index contributed by atoms with van der Waals surface area (Å²) in [6.07, 6.45) is 9.63. The average Bonchev–Trinajstić information content (AvgIpc) is 2.98. The van der Waals surface area contributed by atoms with Gasteiger partial charge in [0.05, 0.1) is 0 Å². The molecule has 2 rings (SSSR count). The van der Waals surface area contributed by atoms with Crippen molar-refractivity contribution in [3.63, 3.8) is 0 Å². The number of alkyl carbamates (subject to hydrolysis) is 1. The molecule has 0 bridgehead atoms. The Kier molecular flexibility index (Phi) is 15.0. The summed E-state index contributed by atoms with van der Waals surface area (Å²) >= 11 is 0. The second-order valence-corrected chi connectivity index (χ2v) is 13.8. The molecule has 0 saturated heterocycles. The topological polar surface area (TPSA) is 114 Å². The summed E-state index contributed by atoms with van der Waals surface area (Å²) < 4.78 is 11.1. The Balaban J connectivity index is 2.55. The highest BCUT2D eigenvalue weighted by molar-refractivity contribution is 5.93. The highest BCUT2D eigenvalue weighted by atomic mass is 16.6. The zero-order chi connectivity index (χ0) is 35.2. The lowest BCUT2D eigenvalue weighted by Crippen LogP contribution is -2.54. The lowest BCUT2D eigenvalue weighted by molar-refractivity contribution is -0.159. The SMILES string of the molecule is C#Cc1ccc(C(C(=O)NC(Cc2ccccc2)C(=O)OC(C)(C)C)N(CCCCCCC)C(=O)C(C)NC(=O)OC(C)(C)C)cc1. The number of unbranched alkanes of at least 4 members (excludes halogenated alkanes) is 4. The Morgan fingerprint density at radius 2 is 1.43 bits per heavy atom. The molecule has 0 aromatic heterocycles. The smallest absolute Gasteiger partial charge is 0.408 e. The van der Waals surface area contributed by atoms with Gasteiger partial charge in [-0.3, -0.25) is 9.59 Å². The molecule has 3 atom stereocenters. The monoisotopic (exact) mass is 647 g/mol. The van der Waals surface area contributed by atoms with Crippen molar-refractivity contribution >= 4 is 23.9 Å². The Bertz CT molecular complexity index is 1350. The molecule has 0 saturated carbocycles. The average molecular weight is 648 g/mol. The van der Waals surface area contributed by atoms with E-state index in [1.807, 2.05) is 30.3 Å². The molecule has 9 nitrogen and oxygen atoms in total. The fourth-order valence-electron chi connectivity index (χ4n) is 4.95. The van der Waals surface area contributed by atoms with Crippen LogP contribution in [-0.4, -0.2) is 58.6 Å². The van der Waals surface area contributed by atoms with E-state index in [0.29, 0.717) is 17.5 Å². The lowest BCUT2D eigenvalue weighted by atomic mass is 9.99. The van der Waals surface area contributed by atoms with Crippen molar-refractivity contribution in [3.8, 4) is 12.3 Å². The maximum atomic E-state index is 14.4. The number of esters is 1. The minimum Gasteiger partial charge on any atom is -0.458 e. The van der Waals surface area contributed by atoms with E-state index in [1.54, 1.807) is 72.7 Å². The molecule has 0 aliphatic rings. The summed E-state index contributed by atoms with van der Waals surface area (Å²) in [6.45, 7) is 14.4. The molecule has 0 aliphatic carbocycles. The molecule has 0 radical (unpaired) electrons. The van der Waals surface area contributed by atoms with Crippen LogP contribution in [0.4, 0.5) is 4.79 Å². The van der Waals surface area contributed by atoms with Crippen LogP contribution in [0.5, 0.6) is 0 Å². The third-order valence-corrected chi connectivity index (χ3v) is 7.13. The zero-order valence-electron chi connectivity index (χ0n) is 29.4. The predicted molar refractivity (Wildman–Crippen MR) is 184 cm³/mol. The maximum Gasteiger partial charge on any atom is 0.408 e. The van der Waals surface area contributed by atoms with Crippen LogP contribution >= 0.6 is 0 Å². The van der Waals surface area contributed by atoms with Crippen molar-refractivity contribution in [3.05, 3.63) is 71.3 Å². The number of hydrogen-bond donors (Lipinski definition) is 2. The first-order chi connectivity index (χ1) is 22.0. The van der Waals surface area contributed by atoms with E-state index >= 15 is 0 Å². The first kappa shape index (κ1) is 38.9. The van der Waals surface area contributed by atoms with E-state index in [1.165, 1.54) is 4.90 Å². The van der Waals surface area contributed by atoms with E-state index in [2.05, 4.69) is 23.5 Å². The molecule has 0 spiro atoms. The third-order valence-electron chi connectivity index (χ3n) is 7.13. The summed E-state index contributed by atoms with van der Waals surface area (Å²) in [6, 6.07) is 13.0. The molecule has 0 aliphatic heterocycles. The van der Waals surface area contributed by atoms with Gasteiger partial charge in [-0.2, -0.15) is 0 Å². The van der Waals surface area contributed by atoms with Crippen molar-refractivity contribution in [1.29, 1.82) is 0 Å². The Morgan fingerprint density at radius 3 is 1.98 bits per heavy atom. The molecule has 256 valence electrons. The van der Waals surface area contributed by atoms with Crippen LogP contribution in [0.15, 0.2) is 54.6 Å². The van der Waals surface area contributed by atoms with Crippen molar-refractivity contribution in [2.75, 3.05) is 6.54 Å². The van der Waals surface area contributed by atoms with E-state index < -0.39 is 53.2 Å². The molecule has 3 unspecified atom stereocenters. The van der Waals surface area contributed by atoms with Gasteiger partial charge in [0, 0.05) is 18.5 Å². The molecule has 2 aromatic rings. The number of carbonyl (C=O) groups excluding carboxylic acids is 4. The van der Waals surface area contributed by atoms with Gasteiger partial charge >= 0.3 is 12.1 Å². The van der Waals surface area contributed by atoms with Crippen LogP contribution in [0, 0.1) is 12.3 Å². The van der Waals surface area contributed by atoms with Gasteiger partial charge in [0.25, 0.3) is 0 Å². The van der Waals surface area contributed by atoms with Gasteiger partial charge in [0.2, 0.25) is 11.8 Å². The largest absolute Gasteiger partial charge is 0.458 e. The molecule has 2 aromatic carbocycles. The lowest BCUT2D eigenvalue weighted by Gasteiger charge is -2.35. The summed E-state index contributed by atoms with van der Waals surface area (Å²) in [5.41, 5.74) is 0.404. The number of hydrogen-bond acceptors (Lipinski definition) is 6. The van der Waals surface area contributed by atoms with Gasteiger partial charge < -0.3 is 25.0 Å². The zero-order valence-corrected chi connectivity index (χ0v) is 29.4. The van der Waals surface area contributed by atoms with Crippen LogP contribution in [0.1, 0.15) is 110 Å². The number of nitrogens with one attached hydrogen (secondary N) is 2. The number of rotatable bonds is 15. The fourth-order valence-corrected chi connectivity index (χ4v) is 4.95. The Hall–Kier alpha value is -4.32. The van der Waals surface area contributed by atoms with E-state index in [9.17, 15) is 19.2 Å². The Morgan fingerprint density at radius 1 is 0.830 bits per heavy atom. The van der Waals surface area contributed by atoms with Gasteiger partial charge in [0.1, 0.15) is 29.3 Å². The second kappa shape index (κ2) is 18.1. The van der Waals surface area contributed by atoms with Gasteiger partial charge in [-0.1, -0.05) is 81.0 Å². The van der Waals surface area contributed by atoms with Crippen molar-refractivity contribution < 1.29 is 28.7 Å². The normalized spacial score (nSPS) is 13.3. The second-order valence-electron chi connectivity index (χ2n) is 13.8. The number of nitrogens with zero attached hydrogens (tertiary/aromatic N) is 1. The van der Waals surface area contributed by atoms with Crippen LogP contribution in [0.25, 0.3) is 0 Å². The van der Waals surface area contributed by atoms with E-state index in [-0.39, 0.29) is 13.0 Å².